The van der Waals surface area contributed by atoms with Crippen LogP contribution in [0.5, 0.6) is 5.75 Å². The van der Waals surface area contributed by atoms with Gasteiger partial charge in [0, 0.05) is 17.4 Å². The molecule has 1 aromatic heterocycles. The third-order valence-corrected chi connectivity index (χ3v) is 6.07. The van der Waals surface area contributed by atoms with Gasteiger partial charge in [-0.15, -0.1) is 0 Å². The van der Waals surface area contributed by atoms with Gasteiger partial charge in [-0.05, 0) is 57.2 Å². The van der Waals surface area contributed by atoms with Crippen LogP contribution in [0, 0.1) is 0 Å². The van der Waals surface area contributed by atoms with Crippen molar-refractivity contribution in [3.05, 3.63) is 29.5 Å². The summed E-state index contributed by atoms with van der Waals surface area (Å²) in [5, 5.41) is 1.14. The number of carbonyl (C=O) groups excluding carboxylic acids is 1. The lowest BCUT2D eigenvalue weighted by Gasteiger charge is -2.18. The van der Waals surface area contributed by atoms with Crippen molar-refractivity contribution in [1.29, 1.82) is 0 Å². The van der Waals surface area contributed by atoms with Gasteiger partial charge in [0.1, 0.15) is 17.1 Å². The topological polar surface area (TPSA) is 48.7 Å². The highest BCUT2D eigenvalue weighted by molar-refractivity contribution is 5.84. The van der Waals surface area contributed by atoms with Crippen molar-refractivity contribution in [3.8, 4) is 5.75 Å². The number of furan rings is 1. The van der Waals surface area contributed by atoms with Gasteiger partial charge in [-0.25, -0.2) is 4.79 Å². The van der Waals surface area contributed by atoms with Gasteiger partial charge < -0.3 is 13.9 Å². The van der Waals surface area contributed by atoms with Crippen molar-refractivity contribution < 1.29 is 18.7 Å². The maximum Gasteiger partial charge on any atom is 0.347 e. The number of carbonyl (C=O) groups is 1. The molecule has 3 rings (SSSR count). The van der Waals surface area contributed by atoms with Gasteiger partial charge in [0.2, 0.25) is 0 Å². The Labute approximate surface area is 181 Å². The van der Waals surface area contributed by atoms with Crippen LogP contribution in [-0.4, -0.2) is 18.7 Å². The van der Waals surface area contributed by atoms with Crippen LogP contribution in [0.25, 0.3) is 11.0 Å². The average Bonchev–Trinajstić information content (AvgIpc) is 3.13. The third-order valence-electron chi connectivity index (χ3n) is 6.07. The molecule has 1 aliphatic rings. The van der Waals surface area contributed by atoms with Gasteiger partial charge in [-0.3, -0.25) is 0 Å². The van der Waals surface area contributed by atoms with Gasteiger partial charge in [-0.2, -0.15) is 0 Å². The summed E-state index contributed by atoms with van der Waals surface area (Å²) in [5.41, 5.74) is 2.24. The molecule has 0 bridgehead atoms. The number of unbranched alkanes of at least 4 members (excludes halogenated alkanes) is 7. The van der Waals surface area contributed by atoms with Crippen molar-refractivity contribution in [2.45, 2.75) is 103 Å². The van der Waals surface area contributed by atoms with Crippen molar-refractivity contribution in [2.75, 3.05) is 6.61 Å². The first-order valence-corrected chi connectivity index (χ1v) is 12.1. The summed E-state index contributed by atoms with van der Waals surface area (Å²) in [7, 11) is 0. The number of hydrogen-bond acceptors (Lipinski definition) is 4. The van der Waals surface area contributed by atoms with Gasteiger partial charge in [-0.1, -0.05) is 51.9 Å². The normalized spacial score (nSPS) is 14.5. The minimum atomic E-state index is -0.537. The highest BCUT2D eigenvalue weighted by atomic mass is 16.6. The first-order valence-electron chi connectivity index (χ1n) is 12.1. The van der Waals surface area contributed by atoms with Crippen LogP contribution in [0.3, 0.4) is 0 Å². The van der Waals surface area contributed by atoms with Crippen LogP contribution in [-0.2, 0) is 22.4 Å². The number of hydrogen-bond donors (Lipinski definition) is 0. The van der Waals surface area contributed by atoms with Gasteiger partial charge >= 0.3 is 5.97 Å². The monoisotopic (exact) mass is 414 g/mol. The van der Waals surface area contributed by atoms with E-state index in [-0.39, 0.29) is 5.97 Å². The van der Waals surface area contributed by atoms with Crippen LogP contribution >= 0.6 is 0 Å². The molecule has 30 heavy (non-hydrogen) atoms. The van der Waals surface area contributed by atoms with Gasteiger partial charge in [0.05, 0.1) is 6.61 Å². The predicted molar refractivity (Wildman–Crippen MR) is 121 cm³/mol. The number of fused-ring (bicyclic) bond motifs is 3. The number of esters is 1. The first kappa shape index (κ1) is 22.7. The summed E-state index contributed by atoms with van der Waals surface area (Å²) in [5.74, 6) is 1.60. The molecule has 0 saturated carbocycles. The predicted octanol–water partition coefficient (Wildman–Crippen LogP) is 7.15. The van der Waals surface area contributed by atoms with Crippen LogP contribution in [0.4, 0.5) is 0 Å². The van der Waals surface area contributed by atoms with E-state index in [1.807, 2.05) is 25.1 Å². The summed E-state index contributed by atoms with van der Waals surface area (Å²) in [4.78, 5) is 12.5. The van der Waals surface area contributed by atoms with Crippen molar-refractivity contribution in [2.24, 2.45) is 0 Å². The molecule has 4 nitrogen and oxygen atoms in total. The second-order valence-corrected chi connectivity index (χ2v) is 8.49. The Morgan fingerprint density at radius 3 is 2.50 bits per heavy atom. The Bertz CT molecular complexity index is 792. The summed E-state index contributed by atoms with van der Waals surface area (Å²) >= 11 is 0. The molecule has 0 saturated heterocycles. The van der Waals surface area contributed by atoms with E-state index in [4.69, 9.17) is 13.9 Å². The molecule has 1 aromatic carbocycles. The maximum absolute atomic E-state index is 12.5. The molecule has 0 amide bonds. The fourth-order valence-corrected chi connectivity index (χ4v) is 4.40. The largest absolute Gasteiger partial charge is 0.479 e. The van der Waals surface area contributed by atoms with Crippen molar-refractivity contribution in [1.82, 2.24) is 0 Å². The summed E-state index contributed by atoms with van der Waals surface area (Å²) in [6.45, 7) is 4.47. The molecule has 1 unspecified atom stereocenters. The van der Waals surface area contributed by atoms with Crippen LogP contribution in [0.15, 0.2) is 22.6 Å². The molecular weight excluding hydrogens is 376 g/mol. The zero-order chi connectivity index (χ0) is 21.2. The second-order valence-electron chi connectivity index (χ2n) is 8.49. The Morgan fingerprint density at radius 1 is 1.00 bits per heavy atom. The van der Waals surface area contributed by atoms with E-state index in [0.29, 0.717) is 13.0 Å². The van der Waals surface area contributed by atoms with E-state index in [2.05, 4.69) is 6.92 Å². The van der Waals surface area contributed by atoms with Crippen LogP contribution in [0.1, 0.15) is 95.8 Å². The highest BCUT2D eigenvalue weighted by Crippen LogP contribution is 2.34. The Kier molecular flexibility index (Phi) is 9.10. The number of ether oxygens (including phenoxy) is 2. The van der Waals surface area contributed by atoms with Crippen molar-refractivity contribution >= 4 is 16.9 Å². The molecule has 1 atom stereocenters. The molecule has 0 aliphatic heterocycles. The molecule has 0 fully saturated rings. The minimum absolute atomic E-state index is 0.255. The molecule has 166 valence electrons. The standard InChI is InChI=1S/C26H38O4/c1-3-5-6-7-8-9-10-11-16-25(26(27)28-4-2)29-20-17-18-24-22(19-20)21-14-12-13-15-23(21)30-24/h17-19,25H,3-16H2,1-2H3. The van der Waals surface area contributed by atoms with Gasteiger partial charge in [0.15, 0.2) is 6.10 Å². The summed E-state index contributed by atoms with van der Waals surface area (Å²) < 4.78 is 17.4. The lowest BCUT2D eigenvalue weighted by Crippen LogP contribution is -2.29. The SMILES string of the molecule is CCCCCCCCCCC(Oc1ccc2oc3c(c2c1)CCCC3)C(=O)OCC. The Balaban J connectivity index is 1.57. The number of benzene rings is 1. The fourth-order valence-electron chi connectivity index (χ4n) is 4.40. The van der Waals surface area contributed by atoms with E-state index in [1.165, 1.54) is 56.9 Å². The molecule has 0 radical (unpaired) electrons. The van der Waals surface area contributed by atoms with E-state index in [0.717, 1.165) is 48.2 Å². The minimum Gasteiger partial charge on any atom is -0.479 e. The molecular formula is C26H38O4. The summed E-state index contributed by atoms with van der Waals surface area (Å²) in [6, 6.07) is 5.93. The molecule has 1 heterocycles. The van der Waals surface area contributed by atoms with Gasteiger partial charge in [0.25, 0.3) is 0 Å². The van der Waals surface area contributed by atoms with E-state index >= 15 is 0 Å². The zero-order valence-corrected chi connectivity index (χ0v) is 18.8. The first-order chi connectivity index (χ1) is 14.7. The van der Waals surface area contributed by atoms with E-state index < -0.39 is 6.10 Å². The van der Waals surface area contributed by atoms with E-state index in [9.17, 15) is 4.79 Å². The van der Waals surface area contributed by atoms with E-state index in [1.54, 1.807) is 0 Å². The van der Waals surface area contributed by atoms with Crippen LogP contribution in [0.2, 0.25) is 0 Å². The quantitative estimate of drug-likeness (QED) is 0.258. The second kappa shape index (κ2) is 12.0. The number of rotatable bonds is 13. The van der Waals surface area contributed by atoms with Crippen LogP contribution < -0.4 is 4.74 Å². The average molecular weight is 415 g/mol. The van der Waals surface area contributed by atoms with Crippen molar-refractivity contribution in [3.63, 3.8) is 0 Å². The number of aryl methyl sites for hydroxylation is 2. The maximum atomic E-state index is 12.5. The molecule has 4 heteroatoms. The lowest BCUT2D eigenvalue weighted by molar-refractivity contribution is -0.151. The smallest absolute Gasteiger partial charge is 0.347 e. The Hall–Kier alpha value is -1.97. The Morgan fingerprint density at radius 2 is 1.73 bits per heavy atom. The molecule has 0 spiro atoms. The zero-order valence-electron chi connectivity index (χ0n) is 18.8. The summed E-state index contributed by atoms with van der Waals surface area (Å²) in [6.07, 6.45) is 14.6. The highest BCUT2D eigenvalue weighted by Gasteiger charge is 2.23. The lowest BCUT2D eigenvalue weighted by atomic mass is 9.96. The molecule has 2 aromatic rings. The molecule has 1 aliphatic carbocycles. The fraction of sp³-hybridized carbons (Fsp3) is 0.654. The third kappa shape index (κ3) is 6.26. The molecule has 0 N–H and O–H groups in total.